The van der Waals surface area contributed by atoms with Gasteiger partial charge < -0.3 is 9.94 Å². The third-order valence-corrected chi connectivity index (χ3v) is 1.94. The van der Waals surface area contributed by atoms with Crippen LogP contribution in [0.4, 0.5) is 0 Å². The van der Waals surface area contributed by atoms with Crippen molar-refractivity contribution in [2.24, 2.45) is 5.16 Å². The smallest absolute Gasteiger partial charge is 0.214 e. The molecule has 4 nitrogen and oxygen atoms in total. The minimum absolute atomic E-state index is 0.0903. The first-order valence-electron chi connectivity index (χ1n) is 3.79. The van der Waals surface area contributed by atoms with Crippen LogP contribution >= 0.6 is 0 Å². The van der Waals surface area contributed by atoms with Crippen LogP contribution in [-0.4, -0.2) is 27.9 Å². The molecule has 1 fully saturated rings. The highest BCUT2D eigenvalue weighted by Crippen LogP contribution is 2.31. The van der Waals surface area contributed by atoms with E-state index in [-0.39, 0.29) is 11.5 Å². The number of Topliss-reactive ketones (excluding diaryl/α,β-unsaturated/α-hetero) is 1. The Morgan fingerprint density at radius 3 is 1.92 bits per heavy atom. The van der Waals surface area contributed by atoms with Gasteiger partial charge in [-0.3, -0.25) is 4.79 Å². The lowest BCUT2D eigenvalue weighted by atomic mass is 9.97. The molecular formula is C8H13NO3. The molecule has 0 bridgehead atoms. The lowest BCUT2D eigenvalue weighted by Gasteiger charge is -2.20. The topological polar surface area (TPSA) is 58.9 Å². The van der Waals surface area contributed by atoms with Crippen LogP contribution in [0.5, 0.6) is 0 Å². The lowest BCUT2D eigenvalue weighted by Crippen LogP contribution is -2.30. The number of carbonyl (C=O) groups excluding carboxylic acids is 1. The van der Waals surface area contributed by atoms with Crippen LogP contribution in [0.15, 0.2) is 5.16 Å². The Labute approximate surface area is 71.2 Å². The minimum atomic E-state index is -0.870. The van der Waals surface area contributed by atoms with Gasteiger partial charge in [0.05, 0.1) is 0 Å². The van der Waals surface area contributed by atoms with E-state index >= 15 is 0 Å². The average Bonchev–Trinajstić information content (AvgIpc) is 1.98. The number of ether oxygens (including phenoxy) is 1. The quantitative estimate of drug-likeness (QED) is 0.436. The highest BCUT2D eigenvalue weighted by Gasteiger charge is 2.51. The molecule has 1 heterocycles. The largest absolute Gasteiger partial charge is 0.410 e. The number of hydrogen-bond donors (Lipinski definition) is 1. The van der Waals surface area contributed by atoms with E-state index in [1.807, 2.05) is 0 Å². The molecule has 0 saturated carbocycles. The molecule has 1 aliphatic rings. The summed E-state index contributed by atoms with van der Waals surface area (Å²) in [6.45, 7) is 6.73. The maximum absolute atomic E-state index is 11.5. The second-order valence-electron chi connectivity index (χ2n) is 3.90. The second-order valence-corrected chi connectivity index (χ2v) is 3.90. The van der Waals surface area contributed by atoms with Crippen LogP contribution in [0.3, 0.4) is 0 Å². The van der Waals surface area contributed by atoms with Crippen molar-refractivity contribution in [3.63, 3.8) is 0 Å². The van der Waals surface area contributed by atoms with Gasteiger partial charge in [-0.25, -0.2) is 0 Å². The first-order chi connectivity index (χ1) is 5.31. The fourth-order valence-corrected chi connectivity index (χ4v) is 1.46. The van der Waals surface area contributed by atoms with E-state index in [0.717, 1.165) is 0 Å². The summed E-state index contributed by atoms with van der Waals surface area (Å²) in [5.74, 6) is -0.255. The molecule has 1 aliphatic heterocycles. The molecule has 0 aromatic heterocycles. The Kier molecular flexibility index (Phi) is 1.76. The highest BCUT2D eigenvalue weighted by molar-refractivity contribution is 6.46. The highest BCUT2D eigenvalue weighted by atomic mass is 16.5. The van der Waals surface area contributed by atoms with Gasteiger partial charge in [-0.05, 0) is 27.7 Å². The summed E-state index contributed by atoms with van der Waals surface area (Å²) in [6.07, 6.45) is 0. The fraction of sp³-hybridized carbons (Fsp3) is 0.750. The predicted molar refractivity (Wildman–Crippen MR) is 43.5 cm³/mol. The van der Waals surface area contributed by atoms with E-state index < -0.39 is 11.2 Å². The van der Waals surface area contributed by atoms with Crippen molar-refractivity contribution in [2.75, 3.05) is 0 Å². The second kappa shape index (κ2) is 2.29. The van der Waals surface area contributed by atoms with E-state index in [2.05, 4.69) is 5.16 Å². The molecule has 0 aromatic rings. The van der Waals surface area contributed by atoms with Crippen LogP contribution in [0.1, 0.15) is 27.7 Å². The first kappa shape index (κ1) is 9.19. The summed E-state index contributed by atoms with van der Waals surface area (Å²) in [6, 6.07) is 0. The maximum Gasteiger partial charge on any atom is 0.214 e. The van der Waals surface area contributed by atoms with Crippen molar-refractivity contribution < 1.29 is 14.7 Å². The van der Waals surface area contributed by atoms with Crippen molar-refractivity contribution in [2.45, 2.75) is 38.9 Å². The molecule has 0 radical (unpaired) electrons. The molecule has 1 saturated heterocycles. The van der Waals surface area contributed by atoms with Crippen molar-refractivity contribution >= 4 is 11.5 Å². The first-order valence-corrected chi connectivity index (χ1v) is 3.79. The number of carbonyl (C=O) groups is 1. The van der Waals surface area contributed by atoms with Crippen LogP contribution in [0.25, 0.3) is 0 Å². The van der Waals surface area contributed by atoms with E-state index in [1.165, 1.54) is 0 Å². The van der Waals surface area contributed by atoms with Crippen LogP contribution in [0, 0.1) is 0 Å². The third kappa shape index (κ3) is 1.12. The Morgan fingerprint density at radius 2 is 1.75 bits per heavy atom. The predicted octanol–water partition coefficient (Wildman–Crippen LogP) is 0.973. The average molecular weight is 171 g/mol. The fourth-order valence-electron chi connectivity index (χ4n) is 1.46. The molecule has 0 spiro atoms. The van der Waals surface area contributed by atoms with Crippen molar-refractivity contribution in [3.8, 4) is 0 Å². The molecule has 1 rings (SSSR count). The van der Waals surface area contributed by atoms with Gasteiger partial charge in [-0.15, -0.1) is 0 Å². The van der Waals surface area contributed by atoms with Gasteiger partial charge in [0.25, 0.3) is 0 Å². The van der Waals surface area contributed by atoms with Crippen LogP contribution < -0.4 is 0 Å². The monoisotopic (exact) mass is 171 g/mol. The summed E-state index contributed by atoms with van der Waals surface area (Å²) in [7, 11) is 0. The third-order valence-electron chi connectivity index (χ3n) is 1.94. The minimum Gasteiger partial charge on any atom is -0.410 e. The molecule has 0 unspecified atom stereocenters. The van der Waals surface area contributed by atoms with Gasteiger partial charge in [-0.2, -0.15) is 0 Å². The maximum atomic E-state index is 11.5. The SMILES string of the molecule is CC1(C)OC(C)(C)/C(=N/O)C1=O. The molecule has 0 aromatic carbocycles. The van der Waals surface area contributed by atoms with Crippen molar-refractivity contribution in [3.05, 3.63) is 0 Å². The van der Waals surface area contributed by atoms with E-state index in [1.54, 1.807) is 27.7 Å². The lowest BCUT2D eigenvalue weighted by molar-refractivity contribution is -0.131. The zero-order chi connectivity index (χ0) is 9.57. The van der Waals surface area contributed by atoms with Gasteiger partial charge >= 0.3 is 0 Å². The Hall–Kier alpha value is -0.900. The molecule has 0 aliphatic carbocycles. The summed E-state index contributed by atoms with van der Waals surface area (Å²) in [4.78, 5) is 11.5. The van der Waals surface area contributed by atoms with Gasteiger partial charge in [0, 0.05) is 0 Å². The van der Waals surface area contributed by atoms with E-state index in [4.69, 9.17) is 9.94 Å². The summed E-state index contributed by atoms with van der Waals surface area (Å²) >= 11 is 0. The number of ketones is 1. The number of oxime groups is 1. The van der Waals surface area contributed by atoms with Gasteiger partial charge in [0.1, 0.15) is 11.2 Å². The van der Waals surface area contributed by atoms with Gasteiger partial charge in [0.2, 0.25) is 5.78 Å². The van der Waals surface area contributed by atoms with Crippen LogP contribution in [0.2, 0.25) is 0 Å². The summed E-state index contributed by atoms with van der Waals surface area (Å²) in [5.41, 5.74) is -1.56. The van der Waals surface area contributed by atoms with Gasteiger partial charge in [-0.1, -0.05) is 5.16 Å². The summed E-state index contributed by atoms with van der Waals surface area (Å²) < 4.78 is 5.41. The Bertz CT molecular complexity index is 253. The van der Waals surface area contributed by atoms with E-state index in [9.17, 15) is 4.79 Å². The zero-order valence-corrected chi connectivity index (χ0v) is 7.71. The molecular weight excluding hydrogens is 158 g/mol. The number of hydrogen-bond acceptors (Lipinski definition) is 4. The van der Waals surface area contributed by atoms with E-state index in [0.29, 0.717) is 0 Å². The molecule has 68 valence electrons. The standard InChI is InChI=1S/C8H13NO3/c1-7(2)5(9-11)6(10)8(3,4)12-7/h11H,1-4H3/b9-5+. The normalized spacial score (nSPS) is 29.7. The Morgan fingerprint density at radius 1 is 1.25 bits per heavy atom. The number of nitrogens with zero attached hydrogens (tertiary/aromatic N) is 1. The number of rotatable bonds is 0. The molecule has 0 amide bonds. The zero-order valence-electron chi connectivity index (χ0n) is 7.71. The molecule has 1 N–H and O–H groups in total. The van der Waals surface area contributed by atoms with Gasteiger partial charge in [0.15, 0.2) is 5.71 Å². The van der Waals surface area contributed by atoms with Crippen molar-refractivity contribution in [1.29, 1.82) is 0 Å². The molecule has 4 heteroatoms. The molecule has 0 atom stereocenters. The van der Waals surface area contributed by atoms with Crippen LogP contribution in [-0.2, 0) is 9.53 Å². The summed E-state index contributed by atoms with van der Waals surface area (Å²) in [5, 5.41) is 11.6. The van der Waals surface area contributed by atoms with Crippen molar-refractivity contribution in [1.82, 2.24) is 0 Å². The molecule has 12 heavy (non-hydrogen) atoms. The Balaban J connectivity index is 3.14.